The number of pyridine rings is 2. The number of nitrogen functional groups attached to an aromatic ring is 1. The number of nitro groups is 1. The first-order valence-electron chi connectivity index (χ1n) is 8.55. The molecular formula is C16H18BF3N6O2. The zero-order valence-corrected chi connectivity index (χ0v) is 15.1. The highest BCUT2D eigenvalue weighted by Crippen LogP contribution is 2.31. The van der Waals surface area contributed by atoms with E-state index >= 15 is 0 Å². The van der Waals surface area contributed by atoms with Crippen LogP contribution in [-0.4, -0.2) is 53.8 Å². The smallest absolute Gasteiger partial charge is 0.378 e. The summed E-state index contributed by atoms with van der Waals surface area (Å²) in [7, 11) is 1.75. The van der Waals surface area contributed by atoms with Gasteiger partial charge in [-0.15, -0.1) is 0 Å². The molecule has 1 saturated heterocycles. The average Bonchev–Trinajstić information content (AvgIpc) is 2.63. The van der Waals surface area contributed by atoms with Crippen LogP contribution in [0, 0.1) is 10.1 Å². The predicted octanol–water partition coefficient (Wildman–Crippen LogP) is 0.566. The normalized spacial score (nSPS) is 15.6. The van der Waals surface area contributed by atoms with Crippen LogP contribution < -0.4 is 16.1 Å². The Bertz CT molecular complexity index is 870. The summed E-state index contributed by atoms with van der Waals surface area (Å²) in [5, 5.41) is 11.4. The molecule has 0 radical (unpaired) electrons. The fraction of sp³-hybridized carbons (Fsp3) is 0.375. The molecule has 0 unspecified atom stereocenters. The molecule has 148 valence electrons. The summed E-state index contributed by atoms with van der Waals surface area (Å²) in [5.41, 5.74) is 6.39. The third-order valence-corrected chi connectivity index (χ3v) is 4.63. The van der Waals surface area contributed by atoms with E-state index < -0.39 is 16.8 Å². The molecule has 3 rings (SSSR count). The van der Waals surface area contributed by atoms with Gasteiger partial charge in [0, 0.05) is 45.1 Å². The van der Waals surface area contributed by atoms with E-state index in [2.05, 4.69) is 14.9 Å². The van der Waals surface area contributed by atoms with Crippen molar-refractivity contribution in [2.75, 3.05) is 36.8 Å². The van der Waals surface area contributed by atoms with E-state index in [0.717, 1.165) is 6.07 Å². The number of nitrogens with zero attached hydrogens (tertiary/aromatic N) is 5. The van der Waals surface area contributed by atoms with Crippen LogP contribution >= 0.6 is 0 Å². The molecule has 3 heterocycles. The number of aromatic nitrogens is 2. The lowest BCUT2D eigenvalue weighted by Crippen LogP contribution is -2.47. The van der Waals surface area contributed by atoms with Gasteiger partial charge in [-0.2, -0.15) is 13.2 Å². The van der Waals surface area contributed by atoms with Crippen LogP contribution in [0.1, 0.15) is 11.3 Å². The predicted molar refractivity (Wildman–Crippen MR) is 100 cm³/mol. The maximum atomic E-state index is 12.6. The second-order valence-electron chi connectivity index (χ2n) is 6.59. The summed E-state index contributed by atoms with van der Waals surface area (Å²) in [6, 6.07) is 2.39. The SMILES string of the molecule is Bc1cnc(N)c([N+](=O)[O-])c1N1CCN(Cc2ccc(C(F)(F)F)nc2)CC1. The first kappa shape index (κ1) is 19.9. The molecule has 0 atom stereocenters. The summed E-state index contributed by atoms with van der Waals surface area (Å²) in [5.74, 6) is -0.121. The Morgan fingerprint density at radius 1 is 1.18 bits per heavy atom. The third-order valence-electron chi connectivity index (χ3n) is 4.63. The van der Waals surface area contributed by atoms with Crippen LogP contribution in [0.3, 0.4) is 0 Å². The minimum atomic E-state index is -4.46. The first-order valence-corrected chi connectivity index (χ1v) is 8.55. The van der Waals surface area contributed by atoms with Gasteiger partial charge in [-0.05, 0) is 17.1 Å². The topological polar surface area (TPSA) is 101 Å². The molecule has 12 heteroatoms. The lowest BCUT2D eigenvalue weighted by atomic mass is 9.94. The second-order valence-corrected chi connectivity index (χ2v) is 6.59. The van der Waals surface area contributed by atoms with Crippen LogP contribution in [0.4, 0.5) is 30.4 Å². The van der Waals surface area contributed by atoms with Gasteiger partial charge >= 0.3 is 11.9 Å². The number of alkyl halides is 3. The number of anilines is 2. The van der Waals surface area contributed by atoms with E-state index in [1.54, 1.807) is 7.85 Å². The van der Waals surface area contributed by atoms with Crippen molar-refractivity contribution < 1.29 is 18.1 Å². The van der Waals surface area contributed by atoms with Crippen molar-refractivity contribution in [2.24, 2.45) is 0 Å². The van der Waals surface area contributed by atoms with Crippen molar-refractivity contribution in [3.8, 4) is 0 Å². The summed E-state index contributed by atoms with van der Waals surface area (Å²) in [6.45, 7) is 2.70. The van der Waals surface area contributed by atoms with Crippen molar-refractivity contribution in [1.82, 2.24) is 14.9 Å². The fourth-order valence-electron chi connectivity index (χ4n) is 3.25. The molecular weight excluding hydrogens is 376 g/mol. The van der Waals surface area contributed by atoms with Crippen LogP contribution in [0.15, 0.2) is 24.5 Å². The Morgan fingerprint density at radius 2 is 1.86 bits per heavy atom. The van der Waals surface area contributed by atoms with Crippen molar-refractivity contribution in [1.29, 1.82) is 0 Å². The number of rotatable bonds is 4. The van der Waals surface area contributed by atoms with Gasteiger partial charge in [-0.1, -0.05) is 6.07 Å². The molecule has 0 aromatic carbocycles. The molecule has 8 nitrogen and oxygen atoms in total. The van der Waals surface area contributed by atoms with Gasteiger partial charge in [0.2, 0.25) is 5.82 Å². The molecule has 2 aromatic heterocycles. The number of hydrogen-bond donors (Lipinski definition) is 1. The number of piperazine rings is 1. The zero-order valence-electron chi connectivity index (χ0n) is 15.1. The van der Waals surface area contributed by atoms with Crippen LogP contribution in [0.2, 0.25) is 0 Å². The van der Waals surface area contributed by atoms with E-state index in [-0.39, 0.29) is 11.5 Å². The standard InChI is InChI=1S/C16H18BF3N6O2/c17-11-8-23-15(21)14(26(27)28)13(11)25-5-3-24(4-6-25)9-10-1-2-12(22-7-10)16(18,19)20/h1-2,7-8H,3-6,9,17H2,(H2,21,23). The van der Waals surface area contributed by atoms with Crippen LogP contribution in [0.5, 0.6) is 0 Å². The number of halogens is 3. The first-order chi connectivity index (χ1) is 13.2. The van der Waals surface area contributed by atoms with E-state index in [4.69, 9.17) is 5.73 Å². The molecule has 0 amide bonds. The fourth-order valence-corrected chi connectivity index (χ4v) is 3.25. The van der Waals surface area contributed by atoms with Gasteiger partial charge in [-0.25, -0.2) is 4.98 Å². The zero-order chi connectivity index (χ0) is 20.5. The number of hydrogen-bond acceptors (Lipinski definition) is 7. The van der Waals surface area contributed by atoms with Crippen LogP contribution in [-0.2, 0) is 12.7 Å². The van der Waals surface area contributed by atoms with Gasteiger partial charge < -0.3 is 10.6 Å². The molecule has 0 spiro atoms. The third kappa shape index (κ3) is 4.16. The molecule has 1 aliphatic rings. The second kappa shape index (κ2) is 7.62. The Kier molecular flexibility index (Phi) is 5.41. The van der Waals surface area contributed by atoms with Crippen molar-refractivity contribution in [2.45, 2.75) is 12.7 Å². The van der Waals surface area contributed by atoms with Crippen molar-refractivity contribution >= 4 is 30.5 Å². The molecule has 1 aliphatic heterocycles. The monoisotopic (exact) mass is 394 g/mol. The quantitative estimate of drug-likeness (QED) is 0.460. The van der Waals surface area contributed by atoms with Gasteiger partial charge in [-0.3, -0.25) is 20.0 Å². The minimum Gasteiger partial charge on any atom is -0.378 e. The molecule has 2 aromatic rings. The largest absolute Gasteiger partial charge is 0.433 e. The summed E-state index contributed by atoms with van der Waals surface area (Å²) >= 11 is 0. The Balaban J connectivity index is 1.67. The number of nitrogens with two attached hydrogens (primary N) is 1. The van der Waals surface area contributed by atoms with Crippen LogP contribution in [0.25, 0.3) is 0 Å². The molecule has 0 saturated carbocycles. The molecule has 28 heavy (non-hydrogen) atoms. The van der Waals surface area contributed by atoms with Gasteiger partial charge in [0.05, 0.1) is 4.92 Å². The van der Waals surface area contributed by atoms with E-state index in [1.807, 2.05) is 4.90 Å². The summed E-state index contributed by atoms with van der Waals surface area (Å²) in [4.78, 5) is 22.2. The van der Waals surface area contributed by atoms with E-state index in [9.17, 15) is 23.3 Å². The molecule has 2 N–H and O–H groups in total. The van der Waals surface area contributed by atoms with Crippen molar-refractivity contribution in [3.63, 3.8) is 0 Å². The average molecular weight is 394 g/mol. The lowest BCUT2D eigenvalue weighted by Gasteiger charge is -2.36. The molecule has 1 fully saturated rings. The van der Waals surface area contributed by atoms with Gasteiger partial charge in [0.25, 0.3) is 0 Å². The van der Waals surface area contributed by atoms with E-state index in [1.165, 1.54) is 18.5 Å². The summed E-state index contributed by atoms with van der Waals surface area (Å²) in [6.07, 6.45) is -1.71. The van der Waals surface area contributed by atoms with Crippen molar-refractivity contribution in [3.05, 3.63) is 45.9 Å². The highest BCUT2D eigenvalue weighted by atomic mass is 19.4. The highest BCUT2D eigenvalue weighted by Gasteiger charge is 2.32. The molecule has 0 bridgehead atoms. The molecule has 0 aliphatic carbocycles. The summed E-state index contributed by atoms with van der Waals surface area (Å²) < 4.78 is 37.8. The van der Waals surface area contributed by atoms with Gasteiger partial charge in [0.1, 0.15) is 19.2 Å². The minimum absolute atomic E-state index is 0.121. The Morgan fingerprint density at radius 3 is 2.39 bits per heavy atom. The Labute approximate surface area is 159 Å². The Hall–Kier alpha value is -2.89. The maximum absolute atomic E-state index is 12.6. The highest BCUT2D eigenvalue weighted by molar-refractivity contribution is 6.36. The maximum Gasteiger partial charge on any atom is 0.433 e. The van der Waals surface area contributed by atoms with E-state index in [0.29, 0.717) is 49.4 Å². The van der Waals surface area contributed by atoms with Gasteiger partial charge in [0.15, 0.2) is 0 Å². The lowest BCUT2D eigenvalue weighted by molar-refractivity contribution is -0.383.